The Morgan fingerprint density at radius 3 is 2.55 bits per heavy atom. The summed E-state index contributed by atoms with van der Waals surface area (Å²) in [5, 5.41) is 2.66. The molecule has 112 valence electrons. The van der Waals surface area contributed by atoms with Gasteiger partial charge in [0.15, 0.2) is 0 Å². The van der Waals surface area contributed by atoms with E-state index in [0.717, 1.165) is 10.7 Å². The number of benzene rings is 1. The van der Waals surface area contributed by atoms with Crippen LogP contribution in [0.15, 0.2) is 22.7 Å². The maximum Gasteiger partial charge on any atom is 0.253 e. The summed E-state index contributed by atoms with van der Waals surface area (Å²) in [5.41, 5.74) is 5.65. The van der Waals surface area contributed by atoms with E-state index in [-0.39, 0.29) is 12.5 Å². The van der Waals surface area contributed by atoms with E-state index in [4.69, 9.17) is 5.73 Å². The van der Waals surface area contributed by atoms with Crippen molar-refractivity contribution >= 4 is 37.5 Å². The van der Waals surface area contributed by atoms with Gasteiger partial charge in [-0.05, 0) is 32.0 Å². The highest BCUT2D eigenvalue weighted by molar-refractivity contribution is 9.10. The second kappa shape index (κ2) is 6.11. The average molecular weight is 364 g/mol. The van der Waals surface area contributed by atoms with Crippen LogP contribution in [0.25, 0.3) is 0 Å². The van der Waals surface area contributed by atoms with Crippen molar-refractivity contribution < 1.29 is 13.2 Å². The predicted molar refractivity (Wildman–Crippen MR) is 82.9 cm³/mol. The van der Waals surface area contributed by atoms with Crippen LogP contribution < -0.4 is 15.8 Å². The Morgan fingerprint density at radius 1 is 1.40 bits per heavy atom. The van der Waals surface area contributed by atoms with E-state index in [1.54, 1.807) is 32.0 Å². The van der Waals surface area contributed by atoms with Crippen LogP contribution >= 0.6 is 15.9 Å². The van der Waals surface area contributed by atoms with Gasteiger partial charge in [0.2, 0.25) is 10.0 Å². The number of hydrogen-bond donors (Lipinski definition) is 3. The lowest BCUT2D eigenvalue weighted by atomic mass is 10.1. The van der Waals surface area contributed by atoms with Crippen molar-refractivity contribution in [3.05, 3.63) is 28.2 Å². The van der Waals surface area contributed by atoms with Crippen molar-refractivity contribution in [3.8, 4) is 0 Å². The second-order valence-electron chi connectivity index (χ2n) is 5.17. The first-order valence-corrected chi connectivity index (χ1v) is 8.51. The van der Waals surface area contributed by atoms with Gasteiger partial charge in [0.25, 0.3) is 5.91 Å². The molecule has 0 aliphatic heterocycles. The molecule has 0 aliphatic carbocycles. The smallest absolute Gasteiger partial charge is 0.253 e. The summed E-state index contributed by atoms with van der Waals surface area (Å²) in [7, 11) is -3.34. The Labute approximate surface area is 127 Å². The van der Waals surface area contributed by atoms with Gasteiger partial charge in [-0.25, -0.2) is 13.1 Å². The quantitative estimate of drug-likeness (QED) is 0.681. The van der Waals surface area contributed by atoms with Crippen molar-refractivity contribution in [3.63, 3.8) is 0 Å². The van der Waals surface area contributed by atoms with E-state index in [2.05, 4.69) is 26.0 Å². The third-order valence-electron chi connectivity index (χ3n) is 2.41. The summed E-state index contributed by atoms with van der Waals surface area (Å²) in [4.78, 5) is 12.0. The molecule has 0 aliphatic rings. The Kier molecular flexibility index (Phi) is 5.17. The van der Waals surface area contributed by atoms with Crippen LogP contribution in [0.2, 0.25) is 0 Å². The third kappa shape index (κ3) is 5.48. The number of anilines is 1. The zero-order chi connectivity index (χ0) is 15.6. The van der Waals surface area contributed by atoms with Crippen LogP contribution in [-0.2, 0) is 10.0 Å². The topological polar surface area (TPSA) is 101 Å². The first-order chi connectivity index (χ1) is 9.00. The summed E-state index contributed by atoms with van der Waals surface area (Å²) >= 11 is 3.27. The molecular formula is C12H18BrN3O3S. The van der Waals surface area contributed by atoms with Gasteiger partial charge >= 0.3 is 0 Å². The van der Waals surface area contributed by atoms with E-state index in [1.165, 1.54) is 0 Å². The number of rotatable bonds is 5. The molecule has 8 heteroatoms. The number of nitrogens with one attached hydrogen (secondary N) is 2. The second-order valence-corrected chi connectivity index (χ2v) is 7.84. The zero-order valence-corrected chi connectivity index (χ0v) is 13.9. The van der Waals surface area contributed by atoms with E-state index >= 15 is 0 Å². The lowest BCUT2D eigenvalue weighted by molar-refractivity contribution is 0.0945. The van der Waals surface area contributed by atoms with Gasteiger partial charge in [-0.1, -0.05) is 15.9 Å². The number of amides is 1. The highest BCUT2D eigenvalue weighted by Crippen LogP contribution is 2.18. The minimum absolute atomic E-state index is 0.144. The molecule has 1 rings (SSSR count). The molecule has 0 fully saturated rings. The van der Waals surface area contributed by atoms with Crippen LogP contribution in [0, 0.1) is 0 Å². The fourth-order valence-electron chi connectivity index (χ4n) is 1.66. The largest absolute Gasteiger partial charge is 0.398 e. The third-order valence-corrected chi connectivity index (χ3v) is 3.83. The van der Waals surface area contributed by atoms with E-state index in [1.807, 2.05) is 0 Å². The van der Waals surface area contributed by atoms with Gasteiger partial charge in [0.1, 0.15) is 0 Å². The molecule has 0 radical (unpaired) electrons. The highest BCUT2D eigenvalue weighted by Gasteiger charge is 2.23. The Balaban J connectivity index is 2.75. The first kappa shape index (κ1) is 16.9. The molecule has 0 bridgehead atoms. The number of nitrogen functional groups attached to an aromatic ring is 1. The van der Waals surface area contributed by atoms with Crippen molar-refractivity contribution in [2.24, 2.45) is 0 Å². The van der Waals surface area contributed by atoms with Gasteiger partial charge in [-0.15, -0.1) is 0 Å². The molecule has 20 heavy (non-hydrogen) atoms. The summed E-state index contributed by atoms with van der Waals surface area (Å²) < 4.78 is 25.6. The monoisotopic (exact) mass is 363 g/mol. The van der Waals surface area contributed by atoms with Crippen LogP contribution in [0.5, 0.6) is 0 Å². The molecular weight excluding hydrogens is 346 g/mol. The van der Waals surface area contributed by atoms with Crippen LogP contribution in [0.1, 0.15) is 24.2 Å². The molecule has 0 saturated heterocycles. The van der Waals surface area contributed by atoms with Crippen molar-refractivity contribution in [2.75, 3.05) is 18.5 Å². The molecule has 4 N–H and O–H groups in total. The molecule has 1 aromatic carbocycles. The number of carbonyl (C=O) groups excluding carboxylic acids is 1. The lowest BCUT2D eigenvalue weighted by Gasteiger charge is -2.25. The van der Waals surface area contributed by atoms with Gasteiger partial charge in [-0.2, -0.15) is 0 Å². The van der Waals surface area contributed by atoms with Crippen LogP contribution in [-0.4, -0.2) is 32.7 Å². The van der Waals surface area contributed by atoms with Gasteiger partial charge in [-0.3, -0.25) is 4.79 Å². The molecule has 1 aromatic rings. The molecule has 0 spiro atoms. The highest BCUT2D eigenvalue weighted by atomic mass is 79.9. The Hall–Kier alpha value is -1.12. The first-order valence-electron chi connectivity index (χ1n) is 5.82. The van der Waals surface area contributed by atoms with Gasteiger partial charge < -0.3 is 11.1 Å². The summed E-state index contributed by atoms with van der Waals surface area (Å²) in [6, 6.07) is 4.97. The molecule has 0 aromatic heterocycles. The Morgan fingerprint density at radius 2 is 2.00 bits per heavy atom. The predicted octanol–water partition coefficient (Wildman–Crippen LogP) is 1.09. The maximum absolute atomic E-state index is 12.0. The minimum atomic E-state index is -3.34. The lowest BCUT2D eigenvalue weighted by Crippen LogP contribution is -2.51. The van der Waals surface area contributed by atoms with Gasteiger partial charge in [0, 0.05) is 22.2 Å². The SMILES string of the molecule is CC(C)(CNC(=O)c1cc(Br)ccc1N)NS(C)(=O)=O. The standard InChI is InChI=1S/C12H18BrN3O3S/c1-12(2,16-20(3,18)19)7-15-11(17)9-6-8(13)4-5-10(9)14/h4-6,16H,7,14H2,1-3H3,(H,15,17). The number of nitrogens with two attached hydrogens (primary N) is 1. The molecule has 0 heterocycles. The fourth-order valence-corrected chi connectivity index (χ4v) is 3.10. The molecule has 6 nitrogen and oxygen atoms in total. The summed E-state index contributed by atoms with van der Waals surface area (Å²) in [5.74, 6) is -0.354. The van der Waals surface area contributed by atoms with E-state index in [9.17, 15) is 13.2 Å². The number of carbonyl (C=O) groups is 1. The van der Waals surface area contributed by atoms with Crippen molar-refractivity contribution in [1.82, 2.24) is 10.0 Å². The fraction of sp³-hybridized carbons (Fsp3) is 0.417. The number of sulfonamides is 1. The zero-order valence-electron chi connectivity index (χ0n) is 11.5. The summed E-state index contributed by atoms with van der Waals surface area (Å²) in [6.45, 7) is 3.50. The molecule has 0 saturated carbocycles. The van der Waals surface area contributed by atoms with Crippen LogP contribution in [0.3, 0.4) is 0 Å². The van der Waals surface area contributed by atoms with Crippen molar-refractivity contribution in [2.45, 2.75) is 19.4 Å². The molecule has 0 atom stereocenters. The average Bonchev–Trinajstić information content (AvgIpc) is 2.26. The number of halogens is 1. The Bertz CT molecular complexity index is 614. The minimum Gasteiger partial charge on any atom is -0.398 e. The van der Waals surface area contributed by atoms with Crippen molar-refractivity contribution in [1.29, 1.82) is 0 Å². The van der Waals surface area contributed by atoms with Gasteiger partial charge in [0.05, 0.1) is 11.8 Å². The van der Waals surface area contributed by atoms with E-state index < -0.39 is 15.6 Å². The normalized spacial score (nSPS) is 12.2. The maximum atomic E-state index is 12.0. The van der Waals surface area contributed by atoms with E-state index in [0.29, 0.717) is 11.3 Å². The number of hydrogen-bond acceptors (Lipinski definition) is 4. The van der Waals surface area contributed by atoms with Crippen LogP contribution in [0.4, 0.5) is 5.69 Å². The molecule has 0 unspecified atom stereocenters. The summed E-state index contributed by atoms with van der Waals surface area (Å²) in [6.07, 6.45) is 1.07. The molecule has 1 amide bonds.